The first-order valence-corrected chi connectivity index (χ1v) is 11.6. The predicted octanol–water partition coefficient (Wildman–Crippen LogP) is 4.27. The van der Waals surface area contributed by atoms with E-state index in [-0.39, 0.29) is 30.6 Å². The highest BCUT2D eigenvalue weighted by atomic mass is 32.2. The third-order valence-electron chi connectivity index (χ3n) is 5.30. The Morgan fingerprint density at radius 3 is 2.82 bits per heavy atom. The van der Waals surface area contributed by atoms with Crippen molar-refractivity contribution < 1.29 is 18.7 Å². The molecule has 2 N–H and O–H groups in total. The normalized spacial score (nSPS) is 15.0. The number of thiocarbonyl (C=S) groups is 1. The SMILES string of the molecule is COc1ccc(/C=C2/SC(=S)N(CCC(=O)NCCc3c[nH]c4ccc(F)cc34)C2=O)cc1. The highest BCUT2D eigenvalue weighted by Crippen LogP contribution is 2.32. The minimum Gasteiger partial charge on any atom is -0.497 e. The van der Waals surface area contributed by atoms with Crippen LogP contribution in [0.2, 0.25) is 0 Å². The van der Waals surface area contributed by atoms with Gasteiger partial charge in [0.05, 0.1) is 12.0 Å². The average Bonchev–Trinajstić information content (AvgIpc) is 3.32. The Balaban J connectivity index is 1.27. The van der Waals surface area contributed by atoms with Crippen LogP contribution in [0.4, 0.5) is 4.39 Å². The Kier molecular flexibility index (Phi) is 7.10. The molecule has 1 saturated heterocycles. The molecule has 1 aliphatic heterocycles. The number of halogens is 1. The summed E-state index contributed by atoms with van der Waals surface area (Å²) in [7, 11) is 1.60. The van der Waals surface area contributed by atoms with E-state index in [0.29, 0.717) is 22.2 Å². The maximum atomic E-state index is 13.5. The summed E-state index contributed by atoms with van der Waals surface area (Å²) in [6.45, 7) is 0.632. The minimum absolute atomic E-state index is 0.144. The monoisotopic (exact) mass is 483 g/mol. The fraction of sp³-hybridized carbons (Fsp3) is 0.208. The van der Waals surface area contributed by atoms with Gasteiger partial charge < -0.3 is 15.0 Å². The van der Waals surface area contributed by atoms with Crippen LogP contribution in [0.15, 0.2) is 53.6 Å². The van der Waals surface area contributed by atoms with Crippen LogP contribution < -0.4 is 10.1 Å². The number of amides is 2. The van der Waals surface area contributed by atoms with Gasteiger partial charge in [-0.05, 0) is 54.0 Å². The van der Waals surface area contributed by atoms with Gasteiger partial charge in [-0.2, -0.15) is 0 Å². The molecule has 0 atom stereocenters. The van der Waals surface area contributed by atoms with Gasteiger partial charge in [-0.1, -0.05) is 36.1 Å². The molecular weight excluding hydrogens is 461 g/mol. The molecule has 1 fully saturated rings. The number of H-pyrrole nitrogens is 1. The van der Waals surface area contributed by atoms with Crippen LogP contribution in [0.1, 0.15) is 17.5 Å². The average molecular weight is 484 g/mol. The van der Waals surface area contributed by atoms with Crippen molar-refractivity contribution >= 4 is 57.1 Å². The molecule has 0 radical (unpaired) electrons. The van der Waals surface area contributed by atoms with Crippen molar-refractivity contribution in [1.82, 2.24) is 15.2 Å². The van der Waals surface area contributed by atoms with Crippen LogP contribution in [-0.2, 0) is 16.0 Å². The maximum Gasteiger partial charge on any atom is 0.266 e. The first-order chi connectivity index (χ1) is 15.9. The van der Waals surface area contributed by atoms with E-state index in [0.717, 1.165) is 27.8 Å². The second-order valence-electron chi connectivity index (χ2n) is 7.46. The van der Waals surface area contributed by atoms with Gasteiger partial charge in [0.15, 0.2) is 0 Å². The molecule has 4 rings (SSSR count). The first kappa shape index (κ1) is 23.0. The number of hydrogen-bond acceptors (Lipinski definition) is 5. The Morgan fingerprint density at radius 2 is 2.06 bits per heavy atom. The number of rotatable bonds is 8. The van der Waals surface area contributed by atoms with Gasteiger partial charge in [-0.15, -0.1) is 0 Å². The zero-order valence-corrected chi connectivity index (χ0v) is 19.5. The molecule has 2 aromatic carbocycles. The summed E-state index contributed by atoms with van der Waals surface area (Å²) >= 11 is 6.57. The lowest BCUT2D eigenvalue weighted by molar-refractivity contribution is -0.123. The number of aromatic nitrogens is 1. The minimum atomic E-state index is -0.295. The summed E-state index contributed by atoms with van der Waals surface area (Å²) in [6, 6.07) is 12.0. The molecule has 0 spiro atoms. The van der Waals surface area contributed by atoms with Crippen molar-refractivity contribution in [3.63, 3.8) is 0 Å². The quantitative estimate of drug-likeness (QED) is 0.370. The summed E-state index contributed by atoms with van der Waals surface area (Å²) in [4.78, 5) is 30.1. The zero-order valence-electron chi connectivity index (χ0n) is 17.9. The summed E-state index contributed by atoms with van der Waals surface area (Å²) in [5.74, 6) is 0.0723. The van der Waals surface area contributed by atoms with E-state index >= 15 is 0 Å². The molecule has 9 heteroatoms. The van der Waals surface area contributed by atoms with Crippen molar-refractivity contribution in [3.05, 3.63) is 70.5 Å². The highest BCUT2D eigenvalue weighted by molar-refractivity contribution is 8.26. The molecule has 0 aliphatic carbocycles. The van der Waals surface area contributed by atoms with E-state index in [1.54, 1.807) is 19.3 Å². The van der Waals surface area contributed by atoms with Crippen LogP contribution in [0.5, 0.6) is 5.75 Å². The molecule has 0 unspecified atom stereocenters. The van der Waals surface area contributed by atoms with Crippen LogP contribution in [0.25, 0.3) is 17.0 Å². The van der Waals surface area contributed by atoms with Crippen LogP contribution in [-0.4, -0.2) is 46.2 Å². The molecule has 2 heterocycles. The molecule has 1 aliphatic rings. The smallest absolute Gasteiger partial charge is 0.266 e. The lowest BCUT2D eigenvalue weighted by Crippen LogP contribution is -2.34. The molecule has 0 bridgehead atoms. The number of carbonyl (C=O) groups excluding carboxylic acids is 2. The van der Waals surface area contributed by atoms with E-state index in [2.05, 4.69) is 10.3 Å². The van der Waals surface area contributed by atoms with E-state index in [1.807, 2.05) is 30.5 Å². The topological polar surface area (TPSA) is 74.4 Å². The number of carbonyl (C=O) groups is 2. The number of methoxy groups -OCH3 is 1. The Bertz CT molecular complexity index is 1240. The number of nitrogens with zero attached hydrogens (tertiary/aromatic N) is 1. The van der Waals surface area contributed by atoms with Crippen LogP contribution in [0, 0.1) is 5.82 Å². The summed E-state index contributed by atoms with van der Waals surface area (Å²) in [5, 5.41) is 3.67. The number of hydrogen-bond donors (Lipinski definition) is 2. The van der Waals surface area contributed by atoms with Crippen LogP contribution in [0.3, 0.4) is 0 Å². The highest BCUT2D eigenvalue weighted by Gasteiger charge is 2.32. The summed E-state index contributed by atoms with van der Waals surface area (Å²) in [6.07, 6.45) is 4.32. The van der Waals surface area contributed by atoms with Gasteiger partial charge in [-0.3, -0.25) is 14.5 Å². The largest absolute Gasteiger partial charge is 0.497 e. The Hall–Kier alpha value is -3.17. The van der Waals surface area contributed by atoms with E-state index in [4.69, 9.17) is 17.0 Å². The number of thioether (sulfide) groups is 1. The number of ether oxygens (including phenoxy) is 1. The fourth-order valence-corrected chi connectivity index (χ4v) is 4.85. The van der Waals surface area contributed by atoms with Gasteiger partial charge in [0.2, 0.25) is 5.91 Å². The van der Waals surface area contributed by atoms with Crippen molar-refractivity contribution in [2.45, 2.75) is 12.8 Å². The van der Waals surface area contributed by atoms with Crippen molar-refractivity contribution in [2.24, 2.45) is 0 Å². The van der Waals surface area contributed by atoms with Gasteiger partial charge in [0.1, 0.15) is 15.9 Å². The van der Waals surface area contributed by atoms with E-state index in [9.17, 15) is 14.0 Å². The molecule has 33 heavy (non-hydrogen) atoms. The van der Waals surface area contributed by atoms with Gasteiger partial charge in [0.25, 0.3) is 5.91 Å². The third kappa shape index (κ3) is 5.43. The third-order valence-corrected chi connectivity index (χ3v) is 6.67. The van der Waals surface area contributed by atoms with Crippen molar-refractivity contribution in [1.29, 1.82) is 0 Å². The number of benzene rings is 2. The second kappa shape index (κ2) is 10.2. The van der Waals surface area contributed by atoms with Crippen LogP contribution >= 0.6 is 24.0 Å². The van der Waals surface area contributed by atoms with Gasteiger partial charge in [0, 0.05) is 36.6 Å². The Morgan fingerprint density at radius 1 is 1.27 bits per heavy atom. The van der Waals surface area contributed by atoms with E-state index < -0.39 is 0 Å². The summed E-state index contributed by atoms with van der Waals surface area (Å²) in [5.41, 5.74) is 2.66. The van der Waals surface area contributed by atoms with E-state index in [1.165, 1.54) is 28.8 Å². The molecule has 170 valence electrons. The zero-order chi connectivity index (χ0) is 23.4. The first-order valence-electron chi connectivity index (χ1n) is 10.4. The van der Waals surface area contributed by atoms with Crippen molar-refractivity contribution in [2.75, 3.05) is 20.2 Å². The molecule has 3 aromatic rings. The van der Waals surface area contributed by atoms with Gasteiger partial charge in [-0.25, -0.2) is 4.39 Å². The second-order valence-corrected chi connectivity index (χ2v) is 9.14. The fourth-order valence-electron chi connectivity index (χ4n) is 3.54. The van der Waals surface area contributed by atoms with Crippen molar-refractivity contribution in [3.8, 4) is 5.75 Å². The standard InChI is InChI=1S/C24H22FN3O3S2/c1-31-18-5-2-15(3-6-18)12-21-23(30)28(24(32)33-21)11-9-22(29)26-10-8-16-14-27-20-7-4-17(25)13-19(16)20/h2-7,12-14,27H,8-11H2,1H3,(H,26,29)/b21-12+. The number of nitrogens with one attached hydrogen (secondary N) is 2. The maximum absolute atomic E-state index is 13.5. The number of aromatic amines is 1. The molecule has 0 saturated carbocycles. The molecule has 6 nitrogen and oxygen atoms in total. The lowest BCUT2D eigenvalue weighted by atomic mass is 10.1. The Labute approximate surface area is 200 Å². The summed E-state index contributed by atoms with van der Waals surface area (Å²) < 4.78 is 19.1. The molecule has 1 aromatic heterocycles. The molecular formula is C24H22FN3O3S2. The molecule has 2 amide bonds. The lowest BCUT2D eigenvalue weighted by Gasteiger charge is -2.14. The van der Waals surface area contributed by atoms with Gasteiger partial charge >= 0.3 is 0 Å². The number of fused-ring (bicyclic) bond motifs is 1. The predicted molar refractivity (Wildman–Crippen MR) is 132 cm³/mol.